The highest BCUT2D eigenvalue weighted by atomic mass is 32.2. The van der Waals surface area contributed by atoms with Crippen molar-refractivity contribution in [3.63, 3.8) is 0 Å². The maximum absolute atomic E-state index is 13.5. The summed E-state index contributed by atoms with van der Waals surface area (Å²) in [4.78, 5) is 50.7. The number of hydrogen-bond acceptors (Lipinski definition) is 6. The van der Waals surface area contributed by atoms with Gasteiger partial charge < -0.3 is 16.0 Å². The highest BCUT2D eigenvalue weighted by molar-refractivity contribution is 8.00. The molecule has 0 aliphatic carbocycles. The van der Waals surface area contributed by atoms with Gasteiger partial charge in [-0.15, -0.1) is 11.8 Å². The number of carbonyl (C=O) groups is 3. The van der Waals surface area contributed by atoms with Gasteiger partial charge >= 0.3 is 0 Å². The van der Waals surface area contributed by atoms with E-state index in [0.29, 0.717) is 39.4 Å². The molecule has 0 fully saturated rings. The van der Waals surface area contributed by atoms with Crippen molar-refractivity contribution < 1.29 is 23.7 Å². The molecule has 0 radical (unpaired) electrons. The first-order chi connectivity index (χ1) is 21.1. The number of non-ortho nitro benzene ring substituents is 1. The van der Waals surface area contributed by atoms with Gasteiger partial charge in [0.05, 0.1) is 15.9 Å². The molecule has 0 saturated carbocycles. The number of anilines is 2. The van der Waals surface area contributed by atoms with Gasteiger partial charge in [-0.1, -0.05) is 49.4 Å². The second kappa shape index (κ2) is 14.7. The zero-order chi connectivity index (χ0) is 31.6. The number of thioether (sulfide) groups is 1. The molecule has 1 unspecified atom stereocenters. The second-order valence-corrected chi connectivity index (χ2v) is 10.9. The number of halogens is 1. The van der Waals surface area contributed by atoms with Gasteiger partial charge in [-0.3, -0.25) is 24.5 Å². The van der Waals surface area contributed by atoms with Crippen LogP contribution in [0.4, 0.5) is 21.5 Å². The number of amides is 3. The fraction of sp³-hybridized carbons (Fsp3) is 0.121. The first-order valence-electron chi connectivity index (χ1n) is 13.6. The second-order valence-electron chi connectivity index (χ2n) is 9.67. The molecular weight excluding hydrogens is 583 g/mol. The summed E-state index contributed by atoms with van der Waals surface area (Å²) in [5.41, 5.74) is 2.16. The van der Waals surface area contributed by atoms with Gasteiger partial charge in [-0.05, 0) is 73.0 Å². The van der Waals surface area contributed by atoms with Crippen molar-refractivity contribution in [2.45, 2.75) is 30.4 Å². The van der Waals surface area contributed by atoms with Crippen LogP contribution in [-0.4, -0.2) is 27.9 Å². The van der Waals surface area contributed by atoms with Crippen molar-refractivity contribution in [2.75, 3.05) is 10.6 Å². The number of nitrogens with zero attached hydrogens (tertiary/aromatic N) is 1. The van der Waals surface area contributed by atoms with Crippen LogP contribution >= 0.6 is 11.8 Å². The van der Waals surface area contributed by atoms with E-state index < -0.39 is 27.8 Å². The smallest absolute Gasteiger partial charge is 0.272 e. The molecule has 44 heavy (non-hydrogen) atoms. The van der Waals surface area contributed by atoms with E-state index in [1.807, 2.05) is 6.92 Å². The Morgan fingerprint density at radius 2 is 1.66 bits per heavy atom. The van der Waals surface area contributed by atoms with E-state index in [0.717, 1.165) is 0 Å². The highest BCUT2D eigenvalue weighted by Gasteiger charge is 2.21. The fourth-order valence-corrected chi connectivity index (χ4v) is 5.08. The zero-order valence-corrected chi connectivity index (χ0v) is 24.7. The van der Waals surface area contributed by atoms with Crippen molar-refractivity contribution in [1.82, 2.24) is 5.32 Å². The molecule has 3 N–H and O–H groups in total. The van der Waals surface area contributed by atoms with Gasteiger partial charge in [-0.25, -0.2) is 4.39 Å². The summed E-state index contributed by atoms with van der Waals surface area (Å²) < 4.78 is 13.5. The molecule has 0 heterocycles. The number of nitrogens with one attached hydrogen (secondary N) is 3. The van der Waals surface area contributed by atoms with Crippen LogP contribution in [0.15, 0.2) is 108 Å². The molecule has 224 valence electrons. The minimum absolute atomic E-state index is 0.0540. The van der Waals surface area contributed by atoms with Gasteiger partial charge in [-0.2, -0.15) is 0 Å². The Morgan fingerprint density at radius 1 is 0.932 bits per heavy atom. The summed E-state index contributed by atoms with van der Waals surface area (Å²) in [6.45, 7) is 3.60. The Balaban J connectivity index is 1.50. The molecule has 0 bridgehead atoms. The fourth-order valence-electron chi connectivity index (χ4n) is 4.07. The molecule has 0 aromatic heterocycles. The molecular formula is C33H29FN4O5S. The number of aryl methyl sites for hydroxylation is 1. The predicted molar refractivity (Wildman–Crippen MR) is 170 cm³/mol. The number of benzene rings is 4. The normalized spacial score (nSPS) is 11.8. The molecule has 0 aliphatic rings. The number of nitro benzene ring substituents is 1. The lowest BCUT2D eigenvalue weighted by atomic mass is 10.1. The summed E-state index contributed by atoms with van der Waals surface area (Å²) in [6, 6.07) is 25.1. The number of carbonyl (C=O) groups excluding carboxylic acids is 3. The third-order valence-corrected chi connectivity index (χ3v) is 7.79. The standard InChI is InChI=1S/C33H29FN4O5S/c1-3-30(33(41)36-28-20-26(38(42)43)17-12-21(28)2)44-27-11-7-10-25(19-27)35-32(40)29(18-22-13-15-24(34)16-14-22)37-31(39)23-8-5-4-6-9-23/h4-20,30H,3H2,1-2H3,(H,35,40)(H,36,41)(H,37,39)/b29-18-. The van der Waals surface area contributed by atoms with Crippen molar-refractivity contribution in [2.24, 2.45) is 0 Å². The van der Waals surface area contributed by atoms with Crippen molar-refractivity contribution in [1.29, 1.82) is 0 Å². The van der Waals surface area contributed by atoms with E-state index in [1.165, 1.54) is 54.2 Å². The lowest BCUT2D eigenvalue weighted by Crippen LogP contribution is -2.30. The van der Waals surface area contributed by atoms with Gasteiger partial charge in [0, 0.05) is 28.3 Å². The maximum Gasteiger partial charge on any atom is 0.272 e. The molecule has 11 heteroatoms. The van der Waals surface area contributed by atoms with E-state index in [1.54, 1.807) is 67.6 Å². The minimum atomic E-state index is -0.605. The largest absolute Gasteiger partial charge is 0.325 e. The van der Waals surface area contributed by atoms with Crippen LogP contribution in [-0.2, 0) is 9.59 Å². The van der Waals surface area contributed by atoms with Gasteiger partial charge in [0.25, 0.3) is 17.5 Å². The number of hydrogen-bond donors (Lipinski definition) is 3. The summed E-state index contributed by atoms with van der Waals surface area (Å²) in [6.07, 6.45) is 1.92. The van der Waals surface area contributed by atoms with Crippen LogP contribution < -0.4 is 16.0 Å². The minimum Gasteiger partial charge on any atom is -0.325 e. The quantitative estimate of drug-likeness (QED) is 0.0727. The highest BCUT2D eigenvalue weighted by Crippen LogP contribution is 2.30. The van der Waals surface area contributed by atoms with E-state index in [2.05, 4.69) is 16.0 Å². The Hall–Kier alpha value is -5.29. The van der Waals surface area contributed by atoms with Crippen molar-refractivity contribution in [3.8, 4) is 0 Å². The molecule has 0 saturated heterocycles. The molecule has 4 aromatic carbocycles. The molecule has 0 spiro atoms. The molecule has 3 amide bonds. The zero-order valence-electron chi connectivity index (χ0n) is 23.9. The van der Waals surface area contributed by atoms with E-state index in [-0.39, 0.29) is 17.3 Å². The van der Waals surface area contributed by atoms with Crippen LogP contribution in [0.2, 0.25) is 0 Å². The first-order valence-corrected chi connectivity index (χ1v) is 14.5. The van der Waals surface area contributed by atoms with Gasteiger partial charge in [0.2, 0.25) is 5.91 Å². The third kappa shape index (κ3) is 8.62. The summed E-state index contributed by atoms with van der Waals surface area (Å²) >= 11 is 1.28. The predicted octanol–water partition coefficient (Wildman–Crippen LogP) is 6.96. The van der Waals surface area contributed by atoms with Gasteiger partial charge in [0.1, 0.15) is 11.5 Å². The van der Waals surface area contributed by atoms with Crippen LogP contribution in [0.25, 0.3) is 6.08 Å². The average Bonchev–Trinajstić information content (AvgIpc) is 3.02. The lowest BCUT2D eigenvalue weighted by Gasteiger charge is -2.17. The number of rotatable bonds is 11. The molecule has 1 atom stereocenters. The Labute approximate surface area is 257 Å². The number of nitro groups is 1. The third-order valence-electron chi connectivity index (χ3n) is 6.43. The van der Waals surface area contributed by atoms with E-state index >= 15 is 0 Å². The van der Waals surface area contributed by atoms with Crippen molar-refractivity contribution >= 4 is 52.6 Å². The van der Waals surface area contributed by atoms with Gasteiger partial charge in [0.15, 0.2) is 0 Å². The van der Waals surface area contributed by atoms with Crippen molar-refractivity contribution in [3.05, 3.63) is 135 Å². The molecule has 4 aromatic rings. The van der Waals surface area contributed by atoms with Crippen LogP contribution in [0.5, 0.6) is 0 Å². The average molecular weight is 613 g/mol. The molecule has 9 nitrogen and oxygen atoms in total. The van der Waals surface area contributed by atoms with E-state index in [4.69, 9.17) is 0 Å². The topological polar surface area (TPSA) is 130 Å². The maximum atomic E-state index is 13.5. The summed E-state index contributed by atoms with van der Waals surface area (Å²) in [5.74, 6) is -1.85. The Morgan fingerprint density at radius 3 is 2.34 bits per heavy atom. The van der Waals surface area contributed by atoms with Crippen LogP contribution in [0.1, 0.15) is 34.8 Å². The Bertz CT molecular complexity index is 1710. The summed E-state index contributed by atoms with van der Waals surface area (Å²) in [5, 5.41) is 18.9. The lowest BCUT2D eigenvalue weighted by molar-refractivity contribution is -0.384. The molecule has 4 rings (SSSR count). The monoisotopic (exact) mass is 612 g/mol. The SMILES string of the molecule is CCC(Sc1cccc(NC(=O)/C(=C/c2ccc(F)cc2)NC(=O)c2ccccc2)c1)C(=O)Nc1cc([N+](=O)[O-])ccc1C. The van der Waals surface area contributed by atoms with E-state index in [9.17, 15) is 28.9 Å². The molecule has 0 aliphatic heterocycles. The van der Waals surface area contributed by atoms with Crippen LogP contribution in [0.3, 0.4) is 0 Å². The Kier molecular flexibility index (Phi) is 10.6. The first kappa shape index (κ1) is 31.6. The summed E-state index contributed by atoms with van der Waals surface area (Å²) in [7, 11) is 0. The van der Waals surface area contributed by atoms with Crippen LogP contribution in [0, 0.1) is 22.9 Å².